The molecule has 2 rings (SSSR count). The molecular weight excluding hydrogens is 399 g/mol. The minimum absolute atomic E-state index is 0.0487. The summed E-state index contributed by atoms with van der Waals surface area (Å²) in [4.78, 5) is 24.0. The Morgan fingerprint density at radius 3 is 2.38 bits per heavy atom. The third-order valence-corrected chi connectivity index (χ3v) is 4.68. The molecule has 2 N–H and O–H groups in total. The van der Waals surface area contributed by atoms with Crippen molar-refractivity contribution in [3.05, 3.63) is 68.4 Å². The number of nitrogens with one attached hydrogen (secondary N) is 2. The fourth-order valence-electron chi connectivity index (χ4n) is 2.05. The van der Waals surface area contributed by atoms with Crippen LogP contribution >= 0.6 is 27.5 Å². The summed E-state index contributed by atoms with van der Waals surface area (Å²) in [5.74, 6) is -1.49. The Morgan fingerprint density at radius 2 is 1.71 bits per heavy atom. The number of benzene rings is 2. The second kappa shape index (κ2) is 8.26. The van der Waals surface area contributed by atoms with Crippen molar-refractivity contribution in [1.82, 2.24) is 10.6 Å². The third kappa shape index (κ3) is 4.33. The van der Waals surface area contributed by atoms with E-state index < -0.39 is 11.7 Å². The minimum Gasteiger partial charge on any atom is -0.350 e. The molecule has 0 saturated heterocycles. The minimum atomic E-state index is -0.606. The highest BCUT2D eigenvalue weighted by Gasteiger charge is 2.17. The summed E-state index contributed by atoms with van der Waals surface area (Å²) in [5, 5.41) is 5.57. The molecule has 0 unspecified atom stereocenters. The van der Waals surface area contributed by atoms with E-state index in [-0.39, 0.29) is 24.6 Å². The molecule has 0 spiro atoms. The summed E-state index contributed by atoms with van der Waals surface area (Å²) in [6.07, 6.45) is 0. The molecule has 0 aromatic heterocycles. The third-order valence-electron chi connectivity index (χ3n) is 3.33. The van der Waals surface area contributed by atoms with Gasteiger partial charge in [0.15, 0.2) is 0 Å². The van der Waals surface area contributed by atoms with Gasteiger partial charge in [0.1, 0.15) is 5.82 Å². The zero-order valence-corrected chi connectivity index (χ0v) is 15.2. The first kappa shape index (κ1) is 18.4. The van der Waals surface area contributed by atoms with Crippen LogP contribution < -0.4 is 10.6 Å². The van der Waals surface area contributed by atoms with Crippen LogP contribution in [0.2, 0.25) is 5.02 Å². The highest BCUT2D eigenvalue weighted by atomic mass is 79.9. The molecule has 0 saturated carbocycles. The summed E-state index contributed by atoms with van der Waals surface area (Å²) < 4.78 is 14.2. The number of carbonyl (C=O) groups excluding carboxylic acids is 2. The molecule has 0 heterocycles. The smallest absolute Gasteiger partial charge is 0.255 e. The Balaban J connectivity index is 1.89. The maximum absolute atomic E-state index is 13.8. The Hall–Kier alpha value is -1.92. The van der Waals surface area contributed by atoms with Gasteiger partial charge in [0.05, 0.1) is 16.1 Å². The molecule has 2 amide bonds. The van der Waals surface area contributed by atoms with Gasteiger partial charge in [0.2, 0.25) is 0 Å². The first-order chi connectivity index (χ1) is 11.4. The normalized spacial score (nSPS) is 10.3. The molecule has 0 atom stereocenters. The lowest BCUT2D eigenvalue weighted by Crippen LogP contribution is -2.35. The van der Waals surface area contributed by atoms with E-state index >= 15 is 0 Å². The zero-order valence-electron chi connectivity index (χ0n) is 12.8. The zero-order chi connectivity index (χ0) is 17.7. The lowest BCUT2D eigenvalue weighted by molar-refractivity contribution is 0.0925. The fraction of sp³-hybridized carbons (Fsp3) is 0.176. The molecule has 24 heavy (non-hydrogen) atoms. The van der Waals surface area contributed by atoms with E-state index in [0.717, 1.165) is 5.56 Å². The van der Waals surface area contributed by atoms with Crippen LogP contribution in [0.5, 0.6) is 0 Å². The van der Waals surface area contributed by atoms with Gasteiger partial charge < -0.3 is 10.6 Å². The summed E-state index contributed by atoms with van der Waals surface area (Å²) in [6.45, 7) is 2.12. The molecule has 2 aromatic carbocycles. The number of hydrogen-bond acceptors (Lipinski definition) is 2. The first-order valence-corrected chi connectivity index (χ1v) is 8.34. The van der Waals surface area contributed by atoms with E-state index in [1.54, 1.807) is 37.3 Å². The average molecular weight is 414 g/mol. The molecule has 0 aliphatic carbocycles. The van der Waals surface area contributed by atoms with E-state index in [4.69, 9.17) is 11.6 Å². The summed E-state index contributed by atoms with van der Waals surface area (Å²) in [5.41, 5.74) is 1.07. The van der Waals surface area contributed by atoms with Crippen LogP contribution in [0.25, 0.3) is 0 Å². The van der Waals surface area contributed by atoms with Gasteiger partial charge >= 0.3 is 0 Å². The molecule has 0 bridgehead atoms. The van der Waals surface area contributed by atoms with Crippen LogP contribution in [0.15, 0.2) is 40.9 Å². The molecule has 7 heteroatoms. The molecular formula is C17H15BrClFN2O2. The number of aryl methyl sites for hydroxylation is 1. The predicted molar refractivity (Wildman–Crippen MR) is 95.0 cm³/mol. The fourth-order valence-corrected chi connectivity index (χ4v) is 2.77. The SMILES string of the molecule is Cc1ccc(F)c(C(=O)NCCNC(=O)c2ccccc2Cl)c1Br. The van der Waals surface area contributed by atoms with E-state index in [1.807, 2.05) is 0 Å². The van der Waals surface area contributed by atoms with Gasteiger partial charge in [0, 0.05) is 17.6 Å². The molecule has 0 aliphatic heterocycles. The molecule has 4 nitrogen and oxygen atoms in total. The largest absolute Gasteiger partial charge is 0.350 e. The Kier molecular flexibility index (Phi) is 6.34. The van der Waals surface area contributed by atoms with E-state index in [0.29, 0.717) is 15.1 Å². The van der Waals surface area contributed by atoms with E-state index in [1.165, 1.54) is 6.07 Å². The lowest BCUT2D eigenvalue weighted by atomic mass is 10.1. The standard InChI is InChI=1S/C17H15BrClFN2O2/c1-10-6-7-13(20)14(15(10)18)17(24)22-9-8-21-16(23)11-4-2-3-5-12(11)19/h2-7H,8-9H2,1H3,(H,21,23)(H,22,24). The number of amides is 2. The van der Waals surface area contributed by atoms with Crippen LogP contribution in [0, 0.1) is 12.7 Å². The molecule has 0 radical (unpaired) electrons. The molecule has 0 aliphatic rings. The van der Waals surface area contributed by atoms with Crippen molar-refractivity contribution in [2.24, 2.45) is 0 Å². The van der Waals surface area contributed by atoms with Crippen LogP contribution in [0.3, 0.4) is 0 Å². The summed E-state index contributed by atoms with van der Waals surface area (Å²) in [6, 6.07) is 9.49. The van der Waals surface area contributed by atoms with Crippen molar-refractivity contribution < 1.29 is 14.0 Å². The van der Waals surface area contributed by atoms with E-state index in [9.17, 15) is 14.0 Å². The van der Waals surface area contributed by atoms with Crippen LogP contribution in [0.4, 0.5) is 4.39 Å². The van der Waals surface area contributed by atoms with Crippen LogP contribution in [-0.2, 0) is 0 Å². The highest BCUT2D eigenvalue weighted by molar-refractivity contribution is 9.10. The maximum atomic E-state index is 13.8. The second-order valence-corrected chi connectivity index (χ2v) is 6.25. The number of halogens is 3. The topological polar surface area (TPSA) is 58.2 Å². The Morgan fingerprint density at radius 1 is 1.08 bits per heavy atom. The van der Waals surface area contributed by atoms with Gasteiger partial charge in [-0.05, 0) is 46.6 Å². The maximum Gasteiger partial charge on any atom is 0.255 e. The first-order valence-electron chi connectivity index (χ1n) is 7.17. The number of rotatable bonds is 5. The van der Waals surface area contributed by atoms with E-state index in [2.05, 4.69) is 26.6 Å². The van der Waals surface area contributed by atoms with Crippen LogP contribution in [-0.4, -0.2) is 24.9 Å². The number of carbonyl (C=O) groups is 2. The molecule has 126 valence electrons. The van der Waals surface area contributed by atoms with Gasteiger partial charge in [-0.2, -0.15) is 0 Å². The van der Waals surface area contributed by atoms with Crippen LogP contribution in [0.1, 0.15) is 26.3 Å². The van der Waals surface area contributed by atoms with Crippen molar-refractivity contribution in [1.29, 1.82) is 0 Å². The van der Waals surface area contributed by atoms with Gasteiger partial charge in [-0.25, -0.2) is 4.39 Å². The lowest BCUT2D eigenvalue weighted by Gasteiger charge is -2.10. The summed E-state index contributed by atoms with van der Waals surface area (Å²) in [7, 11) is 0. The number of hydrogen-bond donors (Lipinski definition) is 2. The quantitative estimate of drug-likeness (QED) is 0.734. The van der Waals surface area contributed by atoms with Crippen molar-refractivity contribution in [3.63, 3.8) is 0 Å². The Labute approximate surface area is 152 Å². The van der Waals surface area contributed by atoms with Gasteiger partial charge in [-0.1, -0.05) is 29.8 Å². The van der Waals surface area contributed by atoms with Gasteiger partial charge in [0.25, 0.3) is 11.8 Å². The van der Waals surface area contributed by atoms with Gasteiger partial charge in [-0.15, -0.1) is 0 Å². The monoisotopic (exact) mass is 412 g/mol. The predicted octanol–water partition coefficient (Wildman–Crippen LogP) is 3.71. The molecule has 2 aromatic rings. The van der Waals surface area contributed by atoms with Crippen molar-refractivity contribution in [2.45, 2.75) is 6.92 Å². The van der Waals surface area contributed by atoms with Crippen molar-refractivity contribution in [2.75, 3.05) is 13.1 Å². The summed E-state index contributed by atoms with van der Waals surface area (Å²) >= 11 is 9.15. The van der Waals surface area contributed by atoms with Crippen molar-refractivity contribution >= 4 is 39.3 Å². The average Bonchev–Trinajstić information content (AvgIpc) is 2.55. The second-order valence-electron chi connectivity index (χ2n) is 5.04. The Bertz CT molecular complexity index is 783. The van der Waals surface area contributed by atoms with Crippen molar-refractivity contribution in [3.8, 4) is 0 Å². The van der Waals surface area contributed by atoms with Gasteiger partial charge in [-0.3, -0.25) is 9.59 Å². The highest BCUT2D eigenvalue weighted by Crippen LogP contribution is 2.23. The molecule has 0 fully saturated rings.